The van der Waals surface area contributed by atoms with Crippen molar-refractivity contribution >= 4 is 17.8 Å². The number of aryl methyl sites for hydroxylation is 1. The van der Waals surface area contributed by atoms with E-state index in [2.05, 4.69) is 75.5 Å². The molecular formula is C17H26OSi2. The largest absolute Gasteiger partial charge is 0.544 e. The van der Waals surface area contributed by atoms with E-state index in [0.29, 0.717) is 5.04 Å². The van der Waals surface area contributed by atoms with Gasteiger partial charge in [0, 0.05) is 9.52 Å². The molecule has 1 aliphatic carbocycles. The lowest BCUT2D eigenvalue weighted by Crippen LogP contribution is -2.38. The summed E-state index contributed by atoms with van der Waals surface area (Å²) in [5.74, 6) is 1.06. The quantitative estimate of drug-likeness (QED) is 0.733. The molecule has 1 unspecified atom stereocenters. The molecular weight excluding hydrogens is 276 g/mol. The number of hydrogen-bond acceptors (Lipinski definition) is 1. The highest BCUT2D eigenvalue weighted by Gasteiger charge is 2.30. The fraction of sp³-hybridized carbons (Fsp3) is 0.412. The van der Waals surface area contributed by atoms with Gasteiger partial charge in [0.05, 0.1) is 0 Å². The van der Waals surface area contributed by atoms with Crippen molar-refractivity contribution in [3.63, 3.8) is 0 Å². The smallest absolute Gasteiger partial charge is 0.242 e. The number of rotatable bonds is 5. The minimum atomic E-state index is -1.59. The van der Waals surface area contributed by atoms with Crippen LogP contribution in [0.1, 0.15) is 18.9 Å². The van der Waals surface area contributed by atoms with Crippen LogP contribution in [0.15, 0.2) is 48.6 Å². The summed E-state index contributed by atoms with van der Waals surface area (Å²) in [7, 11) is -1.76. The van der Waals surface area contributed by atoms with Gasteiger partial charge < -0.3 is 4.43 Å². The van der Waals surface area contributed by atoms with Gasteiger partial charge in [-0.05, 0) is 54.8 Å². The molecule has 0 saturated carbocycles. The van der Waals surface area contributed by atoms with Crippen LogP contribution < -0.4 is 4.43 Å². The molecule has 1 nitrogen and oxygen atoms in total. The first kappa shape index (κ1) is 15.3. The summed E-state index contributed by atoms with van der Waals surface area (Å²) in [6, 6.07) is 8.45. The van der Waals surface area contributed by atoms with Crippen molar-refractivity contribution in [2.45, 2.75) is 44.1 Å². The van der Waals surface area contributed by atoms with Crippen LogP contribution in [-0.2, 0) is 0 Å². The van der Waals surface area contributed by atoms with E-state index in [1.54, 1.807) is 0 Å². The van der Waals surface area contributed by atoms with E-state index in [0.717, 1.165) is 5.75 Å². The topological polar surface area (TPSA) is 9.23 Å². The van der Waals surface area contributed by atoms with Crippen molar-refractivity contribution in [3.05, 3.63) is 54.1 Å². The Balaban J connectivity index is 1.94. The van der Waals surface area contributed by atoms with Gasteiger partial charge in [0.15, 0.2) is 0 Å². The van der Waals surface area contributed by atoms with E-state index >= 15 is 0 Å². The van der Waals surface area contributed by atoms with Crippen LogP contribution in [0, 0.1) is 6.92 Å². The Hall–Kier alpha value is -1.07. The minimum absolute atomic E-state index is 0.162. The molecule has 1 aromatic rings. The van der Waals surface area contributed by atoms with Gasteiger partial charge in [0.25, 0.3) is 0 Å². The van der Waals surface area contributed by atoms with Gasteiger partial charge in [-0.1, -0.05) is 43.4 Å². The molecule has 1 aliphatic rings. The van der Waals surface area contributed by atoms with E-state index in [4.69, 9.17) is 4.43 Å². The monoisotopic (exact) mass is 302 g/mol. The van der Waals surface area contributed by atoms with Gasteiger partial charge in [0.1, 0.15) is 5.75 Å². The molecule has 0 aromatic heterocycles. The van der Waals surface area contributed by atoms with E-state index in [9.17, 15) is 0 Å². The Labute approximate surface area is 126 Å². The molecule has 20 heavy (non-hydrogen) atoms. The molecule has 1 atom stereocenters. The Kier molecular flexibility index (Phi) is 4.71. The van der Waals surface area contributed by atoms with Crippen molar-refractivity contribution in [3.8, 4) is 5.75 Å². The van der Waals surface area contributed by atoms with Crippen molar-refractivity contribution in [2.24, 2.45) is 0 Å². The van der Waals surface area contributed by atoms with Gasteiger partial charge in [-0.2, -0.15) is 0 Å². The summed E-state index contributed by atoms with van der Waals surface area (Å²) in [6.07, 6.45) is 10.3. The molecule has 0 bridgehead atoms. The molecule has 0 heterocycles. The molecule has 0 aliphatic heterocycles. The molecule has 1 aromatic carbocycles. The van der Waals surface area contributed by atoms with Crippen LogP contribution in [0.5, 0.6) is 5.75 Å². The van der Waals surface area contributed by atoms with Crippen LogP contribution in [0.3, 0.4) is 0 Å². The van der Waals surface area contributed by atoms with Gasteiger partial charge in [-0.15, -0.1) is 0 Å². The highest BCUT2D eigenvalue weighted by atomic mass is 28.4. The molecule has 0 amide bonds. The Bertz CT molecular complexity index is 519. The second-order valence-electron chi connectivity index (χ2n) is 6.82. The number of hydrogen-bond donors (Lipinski definition) is 0. The summed E-state index contributed by atoms with van der Waals surface area (Å²) >= 11 is 0. The predicted octanol–water partition coefficient (Wildman–Crippen LogP) is 4.40. The third-order valence-corrected chi connectivity index (χ3v) is 12.3. The second kappa shape index (κ2) is 6.14. The average Bonchev–Trinajstić information content (AvgIpc) is 2.37. The average molecular weight is 303 g/mol. The zero-order chi connectivity index (χ0) is 14.6. The van der Waals surface area contributed by atoms with Gasteiger partial charge in [-0.25, -0.2) is 0 Å². The molecule has 0 saturated heterocycles. The molecule has 0 spiro atoms. The summed E-state index contributed by atoms with van der Waals surface area (Å²) < 4.78 is 6.35. The lowest BCUT2D eigenvalue weighted by atomic mass is 10.0. The summed E-state index contributed by atoms with van der Waals surface area (Å²) in [5, 5.41) is 0.453. The fourth-order valence-electron chi connectivity index (χ4n) is 2.59. The fourth-order valence-corrected chi connectivity index (χ4v) is 9.13. The zero-order valence-corrected chi connectivity index (χ0v) is 15.6. The van der Waals surface area contributed by atoms with Crippen molar-refractivity contribution in [1.82, 2.24) is 0 Å². The van der Waals surface area contributed by atoms with Gasteiger partial charge in [-0.3, -0.25) is 0 Å². The molecule has 2 rings (SSSR count). The third-order valence-electron chi connectivity index (χ3n) is 4.01. The van der Waals surface area contributed by atoms with Crippen molar-refractivity contribution in [2.75, 3.05) is 0 Å². The Morgan fingerprint density at radius 2 is 2.10 bits per heavy atom. The zero-order valence-electron chi connectivity index (χ0n) is 13.1. The summed E-state index contributed by atoms with van der Waals surface area (Å²) in [4.78, 5) is 0. The SMILES string of the molecule is Cc1cccc(O[Si](C)(C)C[SiH2]C2(C)C=CC=CC2)c1. The molecule has 0 radical (unpaired) electrons. The summed E-state index contributed by atoms with van der Waals surface area (Å²) in [5.41, 5.74) is 2.60. The highest BCUT2D eigenvalue weighted by molar-refractivity contribution is 6.80. The highest BCUT2D eigenvalue weighted by Crippen LogP contribution is 2.36. The summed E-state index contributed by atoms with van der Waals surface area (Å²) in [6.45, 7) is 9.24. The lowest BCUT2D eigenvalue weighted by Gasteiger charge is -2.31. The normalized spacial score (nSPS) is 22.6. The maximum absolute atomic E-state index is 6.35. The van der Waals surface area contributed by atoms with Crippen molar-refractivity contribution in [1.29, 1.82) is 0 Å². The predicted molar refractivity (Wildman–Crippen MR) is 93.9 cm³/mol. The first-order valence-electron chi connectivity index (χ1n) is 7.49. The van der Waals surface area contributed by atoms with Crippen LogP contribution in [-0.4, -0.2) is 17.8 Å². The standard InChI is InChI=1S/C17H26OSi2/c1-15-9-8-10-16(13-15)18-20(3,4)14-19-17(2)11-6-5-7-12-17/h5-11,13H,12,14,19H2,1-4H3. The van der Waals surface area contributed by atoms with Gasteiger partial charge in [0.2, 0.25) is 8.32 Å². The van der Waals surface area contributed by atoms with Crippen LogP contribution >= 0.6 is 0 Å². The van der Waals surface area contributed by atoms with E-state index in [1.807, 2.05) is 0 Å². The molecule has 108 valence electrons. The van der Waals surface area contributed by atoms with E-state index in [1.165, 1.54) is 17.7 Å². The minimum Gasteiger partial charge on any atom is -0.544 e. The maximum Gasteiger partial charge on any atom is 0.242 e. The number of benzene rings is 1. The Morgan fingerprint density at radius 3 is 2.75 bits per heavy atom. The van der Waals surface area contributed by atoms with Crippen molar-refractivity contribution < 1.29 is 4.43 Å². The Morgan fingerprint density at radius 1 is 1.30 bits per heavy atom. The van der Waals surface area contributed by atoms with Crippen LogP contribution in [0.4, 0.5) is 0 Å². The lowest BCUT2D eigenvalue weighted by molar-refractivity contribution is 0.553. The third kappa shape index (κ3) is 4.49. The maximum atomic E-state index is 6.35. The molecule has 3 heteroatoms. The molecule has 0 N–H and O–H groups in total. The van der Waals surface area contributed by atoms with E-state index in [-0.39, 0.29) is 9.52 Å². The van der Waals surface area contributed by atoms with E-state index < -0.39 is 8.32 Å². The first-order valence-corrected chi connectivity index (χ1v) is 12.3. The number of allylic oxidation sites excluding steroid dienone is 4. The molecule has 0 fully saturated rings. The first-order chi connectivity index (χ1) is 9.39. The van der Waals surface area contributed by atoms with Gasteiger partial charge >= 0.3 is 0 Å². The van der Waals surface area contributed by atoms with Crippen LogP contribution in [0.25, 0.3) is 0 Å². The second-order valence-corrected chi connectivity index (χ2v) is 14.7. The van der Waals surface area contributed by atoms with Crippen LogP contribution in [0.2, 0.25) is 23.8 Å².